The largest absolute Gasteiger partial charge is 0.444 e. The first-order valence-electron chi connectivity index (χ1n) is 13.1. The molecule has 0 radical (unpaired) electrons. The lowest BCUT2D eigenvalue weighted by Gasteiger charge is -2.41. The number of nitrogens with zero attached hydrogens (tertiary/aromatic N) is 4. The fraction of sp³-hybridized carbons (Fsp3) is 0.607. The Morgan fingerprint density at radius 3 is 2.50 bits per heavy atom. The summed E-state index contributed by atoms with van der Waals surface area (Å²) in [5, 5.41) is 4.07. The summed E-state index contributed by atoms with van der Waals surface area (Å²) in [5.74, 6) is -0.174. The molecule has 2 heterocycles. The van der Waals surface area contributed by atoms with Crippen LogP contribution in [-0.2, 0) is 22.5 Å². The third-order valence-electron chi connectivity index (χ3n) is 6.39. The van der Waals surface area contributed by atoms with Crippen LogP contribution in [0.5, 0.6) is 0 Å². The lowest BCUT2D eigenvalue weighted by Crippen LogP contribution is -2.61. The second kappa shape index (κ2) is 12.7. The van der Waals surface area contributed by atoms with E-state index < -0.39 is 17.7 Å². The topological polar surface area (TPSA) is 79.7 Å². The van der Waals surface area contributed by atoms with Crippen LogP contribution in [0.15, 0.2) is 30.7 Å². The molecule has 1 atom stereocenters. The molecule has 2 amide bonds. The van der Waals surface area contributed by atoms with Crippen molar-refractivity contribution >= 4 is 35.2 Å². The molecular weight excluding hydrogens is 525 g/mol. The number of rotatable bonds is 8. The van der Waals surface area contributed by atoms with Crippen LogP contribution < -0.4 is 5.32 Å². The van der Waals surface area contributed by atoms with Crippen molar-refractivity contribution in [2.75, 3.05) is 32.7 Å². The van der Waals surface area contributed by atoms with Gasteiger partial charge in [-0.25, -0.2) is 9.78 Å². The summed E-state index contributed by atoms with van der Waals surface area (Å²) in [6.07, 6.45) is 4.72. The molecule has 0 aliphatic carbocycles. The average Bonchev–Trinajstić information content (AvgIpc) is 3.25. The normalized spacial score (nSPS) is 16.9. The molecule has 3 rings (SSSR count). The number of imidazole rings is 1. The fourth-order valence-electron chi connectivity index (χ4n) is 4.26. The van der Waals surface area contributed by atoms with Gasteiger partial charge in [-0.3, -0.25) is 14.6 Å². The Morgan fingerprint density at radius 1 is 1.11 bits per heavy atom. The number of hydrogen-bond donors (Lipinski definition) is 1. The summed E-state index contributed by atoms with van der Waals surface area (Å²) >= 11 is 12.2. The lowest BCUT2D eigenvalue weighted by atomic mass is 9.92. The van der Waals surface area contributed by atoms with Crippen LogP contribution in [0, 0.1) is 5.41 Å². The molecule has 1 saturated heterocycles. The highest BCUT2D eigenvalue weighted by Crippen LogP contribution is 2.24. The minimum absolute atomic E-state index is 0.174. The number of ether oxygens (including phenoxy) is 1. The molecule has 10 heteroatoms. The first kappa shape index (κ1) is 30.3. The maximum absolute atomic E-state index is 13.4. The number of carbonyl (C=O) groups excluding carboxylic acids is 2. The van der Waals surface area contributed by atoms with E-state index in [-0.39, 0.29) is 11.3 Å². The molecule has 210 valence electrons. The van der Waals surface area contributed by atoms with E-state index in [9.17, 15) is 9.59 Å². The molecule has 1 aromatic carbocycles. The number of benzene rings is 1. The molecular formula is C28H41Cl2N5O3. The van der Waals surface area contributed by atoms with Crippen LogP contribution in [0.2, 0.25) is 10.0 Å². The molecule has 1 unspecified atom stereocenters. The fourth-order valence-corrected chi connectivity index (χ4v) is 4.59. The number of halogens is 2. The Kier molecular flexibility index (Phi) is 10.1. The molecule has 1 N–H and O–H groups in total. The van der Waals surface area contributed by atoms with Gasteiger partial charge in [-0.2, -0.15) is 0 Å². The van der Waals surface area contributed by atoms with E-state index in [1.807, 2.05) is 37.5 Å². The van der Waals surface area contributed by atoms with Crippen LogP contribution in [0.3, 0.4) is 0 Å². The average molecular weight is 567 g/mol. The number of hydrogen-bond acceptors (Lipinski definition) is 5. The molecule has 8 nitrogen and oxygen atoms in total. The zero-order chi connectivity index (χ0) is 28.1. The highest BCUT2D eigenvalue weighted by atomic mass is 35.5. The minimum atomic E-state index is -0.631. The maximum atomic E-state index is 13.4. The lowest BCUT2D eigenvalue weighted by molar-refractivity contribution is -0.128. The van der Waals surface area contributed by atoms with Gasteiger partial charge < -0.3 is 14.6 Å². The Hall–Kier alpha value is -2.29. The summed E-state index contributed by atoms with van der Waals surface area (Å²) in [4.78, 5) is 34.4. The van der Waals surface area contributed by atoms with Crippen molar-refractivity contribution in [1.82, 2.24) is 24.7 Å². The highest BCUT2D eigenvalue weighted by molar-refractivity contribution is 6.42. The predicted octanol–water partition coefficient (Wildman–Crippen LogP) is 5.25. The van der Waals surface area contributed by atoms with Crippen molar-refractivity contribution in [3.8, 4) is 0 Å². The van der Waals surface area contributed by atoms with Gasteiger partial charge in [0.25, 0.3) is 0 Å². The SMILES string of the molecule is CC(C)(C)CCN1CCN(C(=O)OC(C)(C)C)C(C(=O)NCCc2cncn2Cc2ccc(Cl)c(Cl)c2)C1. The van der Waals surface area contributed by atoms with E-state index in [0.29, 0.717) is 49.2 Å². The van der Waals surface area contributed by atoms with Gasteiger partial charge in [-0.15, -0.1) is 0 Å². The maximum Gasteiger partial charge on any atom is 0.411 e. The Balaban J connectivity index is 1.63. The Labute approximate surface area is 236 Å². The van der Waals surface area contributed by atoms with Gasteiger partial charge in [0.1, 0.15) is 11.6 Å². The van der Waals surface area contributed by atoms with E-state index in [2.05, 4.69) is 36.0 Å². The van der Waals surface area contributed by atoms with Crippen molar-refractivity contribution in [3.05, 3.63) is 52.0 Å². The number of carbonyl (C=O) groups is 2. The third-order valence-corrected chi connectivity index (χ3v) is 7.13. The summed E-state index contributed by atoms with van der Waals surface area (Å²) in [7, 11) is 0. The summed E-state index contributed by atoms with van der Waals surface area (Å²) in [5.41, 5.74) is 1.55. The van der Waals surface area contributed by atoms with Crippen molar-refractivity contribution < 1.29 is 14.3 Å². The molecule has 1 aromatic heterocycles. The van der Waals surface area contributed by atoms with E-state index in [0.717, 1.165) is 24.2 Å². The monoisotopic (exact) mass is 565 g/mol. The molecule has 0 bridgehead atoms. The zero-order valence-corrected chi connectivity index (χ0v) is 24.9. The molecule has 0 saturated carbocycles. The molecule has 38 heavy (non-hydrogen) atoms. The Bertz CT molecular complexity index is 1110. The number of piperazine rings is 1. The van der Waals surface area contributed by atoms with E-state index >= 15 is 0 Å². The van der Waals surface area contributed by atoms with E-state index in [1.54, 1.807) is 23.5 Å². The summed E-state index contributed by atoms with van der Waals surface area (Å²) in [6, 6.07) is 4.94. The van der Waals surface area contributed by atoms with Crippen molar-refractivity contribution in [2.45, 2.75) is 72.6 Å². The Morgan fingerprint density at radius 2 is 1.84 bits per heavy atom. The van der Waals surface area contributed by atoms with Gasteiger partial charge in [0, 0.05) is 51.0 Å². The molecule has 1 aliphatic heterocycles. The van der Waals surface area contributed by atoms with E-state index in [1.165, 1.54) is 0 Å². The van der Waals surface area contributed by atoms with Crippen molar-refractivity contribution in [3.63, 3.8) is 0 Å². The first-order valence-corrected chi connectivity index (χ1v) is 13.9. The van der Waals surface area contributed by atoms with E-state index in [4.69, 9.17) is 27.9 Å². The van der Waals surface area contributed by atoms with Crippen LogP contribution >= 0.6 is 23.2 Å². The number of nitrogens with one attached hydrogen (secondary N) is 1. The molecule has 0 spiro atoms. The van der Waals surface area contributed by atoms with Gasteiger partial charge in [-0.1, -0.05) is 50.0 Å². The molecule has 1 aliphatic rings. The van der Waals surface area contributed by atoms with Gasteiger partial charge in [0.2, 0.25) is 5.91 Å². The highest BCUT2D eigenvalue weighted by Gasteiger charge is 2.37. The first-order chi connectivity index (χ1) is 17.7. The predicted molar refractivity (Wildman–Crippen MR) is 152 cm³/mol. The number of amides is 2. The van der Waals surface area contributed by atoms with Crippen molar-refractivity contribution in [2.24, 2.45) is 5.41 Å². The van der Waals surface area contributed by atoms with Crippen molar-refractivity contribution in [1.29, 1.82) is 0 Å². The second-order valence-electron chi connectivity index (χ2n) is 12.1. The minimum Gasteiger partial charge on any atom is -0.444 e. The van der Waals surface area contributed by atoms with Gasteiger partial charge in [0.05, 0.1) is 16.4 Å². The quantitative estimate of drug-likeness (QED) is 0.472. The van der Waals surface area contributed by atoms with Crippen LogP contribution in [0.4, 0.5) is 4.79 Å². The molecule has 1 fully saturated rings. The van der Waals surface area contributed by atoms with Gasteiger partial charge in [0.15, 0.2) is 0 Å². The summed E-state index contributed by atoms with van der Waals surface area (Å²) in [6.45, 7) is 15.7. The number of aromatic nitrogens is 2. The standard InChI is InChI=1S/C28H41Cl2N5O3/c1-27(2,3)10-12-33-13-14-35(26(37)38-28(4,5)6)24(18-33)25(36)32-11-9-21-16-31-19-34(21)17-20-7-8-22(29)23(30)15-20/h7-8,15-16,19,24H,9-14,17-18H2,1-6H3,(H,32,36). The zero-order valence-electron chi connectivity index (χ0n) is 23.4. The van der Waals surface area contributed by atoms with Crippen LogP contribution in [-0.4, -0.2) is 75.7 Å². The molecule has 2 aromatic rings. The van der Waals surface area contributed by atoms with Crippen LogP contribution in [0.1, 0.15) is 59.2 Å². The van der Waals surface area contributed by atoms with Gasteiger partial charge in [-0.05, 0) is 56.8 Å². The smallest absolute Gasteiger partial charge is 0.411 e. The third kappa shape index (κ3) is 9.17. The summed E-state index contributed by atoms with van der Waals surface area (Å²) < 4.78 is 7.64. The van der Waals surface area contributed by atoms with Gasteiger partial charge >= 0.3 is 6.09 Å². The van der Waals surface area contributed by atoms with Crippen LogP contribution in [0.25, 0.3) is 0 Å². The second-order valence-corrected chi connectivity index (χ2v) is 12.9.